The van der Waals surface area contributed by atoms with E-state index in [4.69, 9.17) is 11.6 Å². The second-order valence-electron chi connectivity index (χ2n) is 2.68. The molecular formula is C8H10ClNO. The van der Waals surface area contributed by atoms with Crippen LogP contribution in [0.2, 0.25) is 5.02 Å². The van der Waals surface area contributed by atoms with E-state index in [9.17, 15) is 4.79 Å². The van der Waals surface area contributed by atoms with Crippen LogP contribution in [0.15, 0.2) is 23.1 Å². The molecule has 0 radical (unpaired) electrons. The van der Waals surface area contributed by atoms with Crippen molar-refractivity contribution in [2.75, 3.05) is 0 Å². The highest BCUT2D eigenvalue weighted by molar-refractivity contribution is 6.30. The first-order valence-electron chi connectivity index (χ1n) is 3.49. The van der Waals surface area contributed by atoms with Gasteiger partial charge in [0.15, 0.2) is 0 Å². The molecule has 1 heterocycles. The summed E-state index contributed by atoms with van der Waals surface area (Å²) >= 11 is 5.61. The van der Waals surface area contributed by atoms with Crippen molar-refractivity contribution in [3.63, 3.8) is 0 Å². The van der Waals surface area contributed by atoms with Crippen LogP contribution in [0.25, 0.3) is 0 Å². The molecule has 0 unspecified atom stereocenters. The van der Waals surface area contributed by atoms with Gasteiger partial charge in [-0.25, -0.2) is 0 Å². The van der Waals surface area contributed by atoms with Gasteiger partial charge in [0.1, 0.15) is 0 Å². The maximum atomic E-state index is 11.2. The van der Waals surface area contributed by atoms with Crippen molar-refractivity contribution < 1.29 is 0 Å². The quantitative estimate of drug-likeness (QED) is 0.634. The predicted octanol–water partition coefficient (Wildman–Crippen LogP) is 2.08. The van der Waals surface area contributed by atoms with Crippen LogP contribution in [0.5, 0.6) is 0 Å². The number of nitrogens with zero attached hydrogens (tertiary/aromatic N) is 1. The molecule has 60 valence electrons. The molecule has 1 aromatic heterocycles. The number of pyridine rings is 1. The lowest BCUT2D eigenvalue weighted by Gasteiger charge is -2.07. The molecule has 0 N–H and O–H groups in total. The van der Waals surface area contributed by atoms with Crippen molar-refractivity contribution in [3.05, 3.63) is 33.7 Å². The first-order valence-corrected chi connectivity index (χ1v) is 3.87. The van der Waals surface area contributed by atoms with Gasteiger partial charge in [-0.1, -0.05) is 11.6 Å². The minimum Gasteiger partial charge on any atom is -0.313 e. The lowest BCUT2D eigenvalue weighted by atomic mass is 10.3. The van der Waals surface area contributed by atoms with Crippen LogP contribution in [0.1, 0.15) is 19.9 Å². The average molecular weight is 172 g/mol. The number of halogens is 1. The minimum atomic E-state index is -0.0486. The second kappa shape index (κ2) is 3.09. The molecule has 0 fully saturated rings. The van der Waals surface area contributed by atoms with Crippen LogP contribution in [-0.2, 0) is 0 Å². The Kier molecular flexibility index (Phi) is 2.35. The molecule has 0 aliphatic heterocycles. The molecule has 0 aliphatic rings. The van der Waals surface area contributed by atoms with E-state index >= 15 is 0 Å². The van der Waals surface area contributed by atoms with Gasteiger partial charge in [-0.2, -0.15) is 0 Å². The van der Waals surface area contributed by atoms with Gasteiger partial charge in [-0.15, -0.1) is 0 Å². The molecule has 3 heteroatoms. The number of aromatic nitrogens is 1. The monoisotopic (exact) mass is 171 g/mol. The SMILES string of the molecule is CC(C)n1ccc(Cl)cc1=O. The highest BCUT2D eigenvalue weighted by Gasteiger charge is 1.99. The van der Waals surface area contributed by atoms with Crippen LogP contribution in [0.4, 0.5) is 0 Å². The molecule has 0 saturated carbocycles. The van der Waals surface area contributed by atoms with Crippen molar-refractivity contribution in [2.24, 2.45) is 0 Å². The molecule has 0 aliphatic carbocycles. The van der Waals surface area contributed by atoms with E-state index in [1.54, 1.807) is 16.8 Å². The Morgan fingerprint density at radius 1 is 1.55 bits per heavy atom. The smallest absolute Gasteiger partial charge is 0.252 e. The molecule has 0 amide bonds. The zero-order valence-electron chi connectivity index (χ0n) is 6.54. The molecule has 1 aromatic rings. The highest BCUT2D eigenvalue weighted by Crippen LogP contribution is 2.05. The Morgan fingerprint density at radius 2 is 2.18 bits per heavy atom. The van der Waals surface area contributed by atoms with E-state index in [0.717, 1.165) is 0 Å². The molecule has 0 saturated heterocycles. The van der Waals surface area contributed by atoms with Gasteiger partial charge < -0.3 is 4.57 Å². The minimum absolute atomic E-state index is 0.0486. The number of hydrogen-bond donors (Lipinski definition) is 0. The maximum Gasteiger partial charge on any atom is 0.252 e. The van der Waals surface area contributed by atoms with Crippen LogP contribution in [-0.4, -0.2) is 4.57 Å². The van der Waals surface area contributed by atoms with Crippen LogP contribution < -0.4 is 5.56 Å². The van der Waals surface area contributed by atoms with E-state index in [0.29, 0.717) is 5.02 Å². The van der Waals surface area contributed by atoms with Gasteiger partial charge in [0.2, 0.25) is 0 Å². The van der Waals surface area contributed by atoms with E-state index in [1.165, 1.54) is 6.07 Å². The molecule has 0 atom stereocenters. The van der Waals surface area contributed by atoms with Crippen molar-refractivity contribution >= 4 is 11.6 Å². The topological polar surface area (TPSA) is 22.0 Å². The summed E-state index contributed by atoms with van der Waals surface area (Å²) in [6.45, 7) is 3.91. The predicted molar refractivity (Wildman–Crippen MR) is 46.1 cm³/mol. The van der Waals surface area contributed by atoms with E-state index < -0.39 is 0 Å². The molecule has 11 heavy (non-hydrogen) atoms. The van der Waals surface area contributed by atoms with Gasteiger partial charge in [-0.05, 0) is 19.9 Å². The summed E-state index contributed by atoms with van der Waals surface area (Å²) in [4.78, 5) is 11.2. The Bertz CT molecular complexity index is 303. The molecular weight excluding hydrogens is 162 g/mol. The summed E-state index contributed by atoms with van der Waals surface area (Å²) in [6.07, 6.45) is 1.70. The van der Waals surface area contributed by atoms with Gasteiger partial charge >= 0.3 is 0 Å². The third-order valence-corrected chi connectivity index (χ3v) is 1.70. The average Bonchev–Trinajstić information content (AvgIpc) is 1.85. The summed E-state index contributed by atoms with van der Waals surface area (Å²) in [6, 6.07) is 3.32. The van der Waals surface area contributed by atoms with Gasteiger partial charge in [0.25, 0.3) is 5.56 Å². The number of hydrogen-bond acceptors (Lipinski definition) is 1. The molecule has 1 rings (SSSR count). The summed E-state index contributed by atoms with van der Waals surface area (Å²) in [5, 5.41) is 0.493. The highest BCUT2D eigenvalue weighted by atomic mass is 35.5. The van der Waals surface area contributed by atoms with Crippen LogP contribution in [0, 0.1) is 0 Å². The zero-order valence-corrected chi connectivity index (χ0v) is 7.30. The van der Waals surface area contributed by atoms with Crippen LogP contribution in [0.3, 0.4) is 0 Å². The standard InChI is InChI=1S/C8H10ClNO/c1-6(2)10-4-3-7(9)5-8(10)11/h3-6H,1-2H3. The summed E-state index contributed by atoms with van der Waals surface area (Å²) in [5.41, 5.74) is -0.0486. The molecule has 0 aromatic carbocycles. The third kappa shape index (κ3) is 1.84. The normalized spacial score (nSPS) is 10.5. The fourth-order valence-electron chi connectivity index (χ4n) is 0.892. The lowest BCUT2D eigenvalue weighted by Crippen LogP contribution is -2.19. The fourth-order valence-corrected chi connectivity index (χ4v) is 1.04. The van der Waals surface area contributed by atoms with E-state index in [-0.39, 0.29) is 11.6 Å². The molecule has 0 bridgehead atoms. The van der Waals surface area contributed by atoms with Crippen molar-refractivity contribution in [1.29, 1.82) is 0 Å². The maximum absolute atomic E-state index is 11.2. The Hall–Kier alpha value is -0.760. The summed E-state index contributed by atoms with van der Waals surface area (Å²) < 4.78 is 1.63. The molecule has 0 spiro atoms. The van der Waals surface area contributed by atoms with Crippen molar-refractivity contribution in [2.45, 2.75) is 19.9 Å². The Balaban J connectivity index is 3.21. The van der Waals surface area contributed by atoms with Gasteiger partial charge in [0, 0.05) is 23.3 Å². The second-order valence-corrected chi connectivity index (χ2v) is 3.12. The van der Waals surface area contributed by atoms with Crippen LogP contribution >= 0.6 is 11.6 Å². The van der Waals surface area contributed by atoms with Crippen molar-refractivity contribution in [1.82, 2.24) is 4.57 Å². The lowest BCUT2D eigenvalue weighted by molar-refractivity contribution is 0.578. The largest absolute Gasteiger partial charge is 0.313 e. The van der Waals surface area contributed by atoms with Crippen molar-refractivity contribution in [3.8, 4) is 0 Å². The Labute approximate surface area is 70.4 Å². The summed E-state index contributed by atoms with van der Waals surface area (Å²) in [5.74, 6) is 0. The summed E-state index contributed by atoms with van der Waals surface area (Å²) in [7, 11) is 0. The van der Waals surface area contributed by atoms with E-state index in [2.05, 4.69) is 0 Å². The van der Waals surface area contributed by atoms with E-state index in [1.807, 2.05) is 13.8 Å². The first-order chi connectivity index (χ1) is 5.11. The Morgan fingerprint density at radius 3 is 2.64 bits per heavy atom. The zero-order chi connectivity index (χ0) is 8.43. The van der Waals surface area contributed by atoms with Gasteiger partial charge in [0.05, 0.1) is 0 Å². The first kappa shape index (κ1) is 8.34. The fraction of sp³-hybridized carbons (Fsp3) is 0.375. The third-order valence-electron chi connectivity index (χ3n) is 1.47. The number of rotatable bonds is 1. The van der Waals surface area contributed by atoms with Gasteiger partial charge in [-0.3, -0.25) is 4.79 Å². The molecule has 2 nitrogen and oxygen atoms in total.